The highest BCUT2D eigenvalue weighted by atomic mass is 16.5. The summed E-state index contributed by atoms with van der Waals surface area (Å²) in [5.74, 6) is 0. The number of morpholine rings is 1. The van der Waals surface area contributed by atoms with E-state index in [0.717, 1.165) is 51.1 Å². The first-order valence-electron chi connectivity index (χ1n) is 8.32. The van der Waals surface area contributed by atoms with E-state index in [0.29, 0.717) is 0 Å². The normalized spacial score (nSPS) is 20.8. The number of ether oxygens (including phenoxy) is 1. The van der Waals surface area contributed by atoms with Crippen molar-refractivity contribution in [2.75, 3.05) is 44.3 Å². The number of piperidine rings is 1. The van der Waals surface area contributed by atoms with Crippen LogP contribution in [-0.2, 0) is 4.74 Å². The van der Waals surface area contributed by atoms with Crippen molar-refractivity contribution in [3.05, 3.63) is 24.0 Å². The molecular formula is C17H29N3O. The van der Waals surface area contributed by atoms with E-state index < -0.39 is 0 Å². The predicted octanol–water partition coefficient (Wildman–Crippen LogP) is 2.72. The van der Waals surface area contributed by atoms with Crippen LogP contribution in [0.3, 0.4) is 0 Å². The van der Waals surface area contributed by atoms with E-state index in [9.17, 15) is 0 Å². The fourth-order valence-corrected chi connectivity index (χ4v) is 3.08. The molecule has 2 fully saturated rings. The van der Waals surface area contributed by atoms with E-state index >= 15 is 0 Å². The molecule has 0 atom stereocenters. The highest BCUT2D eigenvalue weighted by Gasteiger charge is 2.25. The van der Waals surface area contributed by atoms with Gasteiger partial charge < -0.3 is 9.64 Å². The van der Waals surface area contributed by atoms with Gasteiger partial charge in [0.25, 0.3) is 0 Å². The average Bonchev–Trinajstić information content (AvgIpc) is 2.58. The molecule has 2 aliphatic rings. The number of hydrogen-bond donors (Lipinski definition) is 0. The number of hydrogen-bond acceptors (Lipinski definition) is 4. The minimum Gasteiger partial charge on any atom is -0.379 e. The third-order valence-corrected chi connectivity index (χ3v) is 4.29. The molecule has 0 aromatic carbocycles. The molecule has 0 spiro atoms. The van der Waals surface area contributed by atoms with Crippen LogP contribution in [0.2, 0.25) is 0 Å². The second kappa shape index (κ2) is 8.35. The van der Waals surface area contributed by atoms with Crippen molar-refractivity contribution in [2.45, 2.75) is 39.7 Å². The molecule has 3 rings (SSSR count). The van der Waals surface area contributed by atoms with Crippen LogP contribution in [0.4, 0.5) is 5.69 Å². The highest BCUT2D eigenvalue weighted by Crippen LogP contribution is 2.22. The summed E-state index contributed by atoms with van der Waals surface area (Å²) in [5, 5.41) is 0. The van der Waals surface area contributed by atoms with E-state index in [1.165, 1.54) is 18.5 Å². The Balaban J connectivity index is 0.000000774. The van der Waals surface area contributed by atoms with E-state index in [2.05, 4.69) is 26.9 Å². The molecule has 0 radical (unpaired) electrons. The Morgan fingerprint density at radius 3 is 2.29 bits per heavy atom. The summed E-state index contributed by atoms with van der Waals surface area (Å²) in [5.41, 5.74) is 2.36. The summed E-state index contributed by atoms with van der Waals surface area (Å²) >= 11 is 0. The summed E-state index contributed by atoms with van der Waals surface area (Å²) in [4.78, 5) is 9.46. The van der Waals surface area contributed by atoms with Gasteiger partial charge in [-0.05, 0) is 31.9 Å². The Bertz CT molecular complexity index is 393. The maximum atomic E-state index is 5.43. The number of aryl methyl sites for hydroxylation is 1. The number of aromatic nitrogens is 1. The SMILES string of the molecule is CC.Cc1ccc(N2CCC(N3CCOCC3)CC2)cn1. The van der Waals surface area contributed by atoms with Gasteiger partial charge in [-0.3, -0.25) is 9.88 Å². The number of rotatable bonds is 2. The zero-order valence-corrected chi connectivity index (χ0v) is 13.7. The Hall–Kier alpha value is -1.13. The average molecular weight is 291 g/mol. The summed E-state index contributed by atoms with van der Waals surface area (Å²) in [6, 6.07) is 5.04. The molecule has 0 saturated carbocycles. The molecule has 0 unspecified atom stereocenters. The van der Waals surface area contributed by atoms with Crippen molar-refractivity contribution in [3.8, 4) is 0 Å². The van der Waals surface area contributed by atoms with Crippen molar-refractivity contribution in [3.63, 3.8) is 0 Å². The number of nitrogens with zero attached hydrogens (tertiary/aromatic N) is 3. The first-order chi connectivity index (χ1) is 10.3. The molecule has 1 aromatic rings. The van der Waals surface area contributed by atoms with Crippen molar-refractivity contribution in [2.24, 2.45) is 0 Å². The first-order valence-corrected chi connectivity index (χ1v) is 8.32. The van der Waals surface area contributed by atoms with Crippen LogP contribution >= 0.6 is 0 Å². The Morgan fingerprint density at radius 1 is 1.05 bits per heavy atom. The molecule has 0 N–H and O–H groups in total. The van der Waals surface area contributed by atoms with Crippen LogP contribution in [0.1, 0.15) is 32.4 Å². The Morgan fingerprint density at radius 2 is 1.71 bits per heavy atom. The third kappa shape index (κ3) is 4.42. The van der Waals surface area contributed by atoms with Crippen LogP contribution in [0.5, 0.6) is 0 Å². The van der Waals surface area contributed by atoms with Crippen LogP contribution < -0.4 is 4.90 Å². The van der Waals surface area contributed by atoms with Gasteiger partial charge in [-0.1, -0.05) is 13.8 Å². The summed E-state index contributed by atoms with van der Waals surface area (Å²) < 4.78 is 5.43. The largest absolute Gasteiger partial charge is 0.379 e. The van der Waals surface area contributed by atoms with Crippen molar-refractivity contribution in [1.29, 1.82) is 0 Å². The zero-order chi connectivity index (χ0) is 15.1. The molecular weight excluding hydrogens is 262 g/mol. The molecule has 0 amide bonds. The monoisotopic (exact) mass is 291 g/mol. The topological polar surface area (TPSA) is 28.6 Å². The molecule has 21 heavy (non-hydrogen) atoms. The highest BCUT2D eigenvalue weighted by molar-refractivity contribution is 5.44. The number of anilines is 1. The molecule has 4 heteroatoms. The van der Waals surface area contributed by atoms with Gasteiger partial charge in [0.1, 0.15) is 0 Å². The second-order valence-electron chi connectivity index (χ2n) is 5.52. The molecule has 2 aliphatic heterocycles. The van der Waals surface area contributed by atoms with Gasteiger partial charge >= 0.3 is 0 Å². The maximum Gasteiger partial charge on any atom is 0.0594 e. The van der Waals surface area contributed by atoms with Gasteiger partial charge in [0, 0.05) is 37.9 Å². The van der Waals surface area contributed by atoms with E-state index in [1.807, 2.05) is 27.0 Å². The standard InChI is InChI=1S/C15H23N3O.C2H6/c1-13-2-3-15(12-16-13)17-6-4-14(5-7-17)18-8-10-19-11-9-18;1-2/h2-3,12,14H,4-11H2,1H3;1-2H3. The Labute approximate surface area is 129 Å². The van der Waals surface area contributed by atoms with Crippen LogP contribution in [0.15, 0.2) is 18.3 Å². The lowest BCUT2D eigenvalue weighted by atomic mass is 10.0. The predicted molar refractivity (Wildman–Crippen MR) is 87.9 cm³/mol. The minimum atomic E-state index is 0.749. The van der Waals surface area contributed by atoms with Gasteiger partial charge in [0.15, 0.2) is 0 Å². The van der Waals surface area contributed by atoms with Crippen LogP contribution in [0, 0.1) is 6.92 Å². The van der Waals surface area contributed by atoms with Gasteiger partial charge in [0.2, 0.25) is 0 Å². The summed E-state index contributed by atoms with van der Waals surface area (Å²) in [6.07, 6.45) is 4.52. The molecule has 1 aromatic heterocycles. The van der Waals surface area contributed by atoms with Gasteiger partial charge in [-0.25, -0.2) is 0 Å². The van der Waals surface area contributed by atoms with Crippen LogP contribution in [0.25, 0.3) is 0 Å². The third-order valence-electron chi connectivity index (χ3n) is 4.29. The van der Waals surface area contributed by atoms with Gasteiger partial charge in [-0.15, -0.1) is 0 Å². The molecule has 118 valence electrons. The smallest absolute Gasteiger partial charge is 0.0594 e. The Kier molecular flexibility index (Phi) is 6.46. The molecule has 0 bridgehead atoms. The molecule has 3 heterocycles. The summed E-state index contributed by atoms with van der Waals surface area (Å²) in [6.45, 7) is 12.4. The lowest BCUT2D eigenvalue weighted by Crippen LogP contribution is -2.49. The van der Waals surface area contributed by atoms with E-state index in [4.69, 9.17) is 4.74 Å². The number of pyridine rings is 1. The van der Waals surface area contributed by atoms with Crippen molar-refractivity contribution in [1.82, 2.24) is 9.88 Å². The zero-order valence-electron chi connectivity index (χ0n) is 13.7. The second-order valence-corrected chi connectivity index (χ2v) is 5.52. The lowest BCUT2D eigenvalue weighted by Gasteiger charge is -2.40. The van der Waals surface area contributed by atoms with Gasteiger partial charge in [-0.2, -0.15) is 0 Å². The maximum absolute atomic E-state index is 5.43. The van der Waals surface area contributed by atoms with E-state index in [-0.39, 0.29) is 0 Å². The molecule has 2 saturated heterocycles. The quantitative estimate of drug-likeness (QED) is 0.837. The minimum absolute atomic E-state index is 0.749. The van der Waals surface area contributed by atoms with Crippen molar-refractivity contribution < 1.29 is 4.74 Å². The van der Waals surface area contributed by atoms with Gasteiger partial charge in [0.05, 0.1) is 25.1 Å². The summed E-state index contributed by atoms with van der Waals surface area (Å²) in [7, 11) is 0. The van der Waals surface area contributed by atoms with Crippen molar-refractivity contribution >= 4 is 5.69 Å². The molecule has 0 aliphatic carbocycles. The fourth-order valence-electron chi connectivity index (χ4n) is 3.08. The van der Waals surface area contributed by atoms with Crippen LogP contribution in [-0.4, -0.2) is 55.3 Å². The first kappa shape index (κ1) is 16.2. The van der Waals surface area contributed by atoms with E-state index in [1.54, 1.807) is 0 Å². The lowest BCUT2D eigenvalue weighted by molar-refractivity contribution is 0.0115. The fraction of sp³-hybridized carbons (Fsp3) is 0.706. The molecule has 4 nitrogen and oxygen atoms in total.